The third-order valence-electron chi connectivity index (χ3n) is 1.88. The molecule has 2 heteroatoms. The molecule has 0 aliphatic carbocycles. The van der Waals surface area contributed by atoms with Crippen molar-refractivity contribution in [2.24, 2.45) is 10.9 Å². The zero-order valence-electron chi connectivity index (χ0n) is 7.66. The van der Waals surface area contributed by atoms with Crippen molar-refractivity contribution in [2.75, 3.05) is 6.54 Å². The minimum Gasteiger partial charge on any atom is -0.463 e. The van der Waals surface area contributed by atoms with Crippen LogP contribution < -0.4 is 0 Å². The maximum Gasteiger partial charge on any atom is 0.144 e. The van der Waals surface area contributed by atoms with Gasteiger partial charge >= 0.3 is 0 Å². The summed E-state index contributed by atoms with van der Waals surface area (Å²) in [6.45, 7) is 5.25. The first-order valence-corrected chi connectivity index (χ1v) is 4.36. The molecule has 2 nitrogen and oxygen atoms in total. The van der Waals surface area contributed by atoms with E-state index in [0.29, 0.717) is 5.92 Å². The van der Waals surface area contributed by atoms with Crippen LogP contribution in [0, 0.1) is 5.92 Å². The van der Waals surface area contributed by atoms with Gasteiger partial charge in [-0.05, 0) is 18.1 Å². The molecule has 0 amide bonds. The topological polar surface area (TPSA) is 25.5 Å². The summed E-state index contributed by atoms with van der Waals surface area (Å²) in [7, 11) is 0. The molecule has 0 aromatic carbocycles. The highest BCUT2D eigenvalue weighted by atomic mass is 16.3. The fourth-order valence-electron chi connectivity index (χ4n) is 0.816. The molecule has 1 rings (SSSR count). The molecular weight excluding hydrogens is 150 g/mol. The molecule has 1 aromatic rings. The molecule has 0 spiro atoms. The molecule has 66 valence electrons. The fraction of sp³-hybridized carbons (Fsp3) is 0.500. The second-order valence-corrected chi connectivity index (χ2v) is 3.02. The lowest BCUT2D eigenvalue weighted by atomic mass is 10.1. The third-order valence-corrected chi connectivity index (χ3v) is 1.88. The Balaban J connectivity index is 2.32. The van der Waals surface area contributed by atoms with Crippen LogP contribution in [-0.2, 0) is 0 Å². The highest BCUT2D eigenvalue weighted by Crippen LogP contribution is 2.01. The van der Waals surface area contributed by atoms with Gasteiger partial charge in [0.15, 0.2) is 0 Å². The lowest BCUT2D eigenvalue weighted by Crippen LogP contribution is -1.96. The Morgan fingerprint density at radius 2 is 2.50 bits per heavy atom. The summed E-state index contributed by atoms with van der Waals surface area (Å²) in [4.78, 5) is 4.27. The minimum atomic E-state index is 0.663. The van der Waals surface area contributed by atoms with Crippen LogP contribution in [0.3, 0.4) is 0 Å². The maximum absolute atomic E-state index is 5.10. The van der Waals surface area contributed by atoms with Crippen LogP contribution in [0.25, 0.3) is 0 Å². The highest BCUT2D eigenvalue weighted by molar-refractivity contribution is 5.75. The Kier molecular flexibility index (Phi) is 3.58. The average Bonchev–Trinajstić information content (AvgIpc) is 2.57. The first-order valence-electron chi connectivity index (χ1n) is 4.36. The van der Waals surface area contributed by atoms with Gasteiger partial charge in [-0.2, -0.15) is 0 Å². The fourth-order valence-corrected chi connectivity index (χ4v) is 0.816. The Hall–Kier alpha value is -1.05. The summed E-state index contributed by atoms with van der Waals surface area (Å²) in [5, 5.41) is 0. The van der Waals surface area contributed by atoms with E-state index >= 15 is 0 Å². The molecule has 0 aliphatic rings. The number of nitrogens with zero attached hydrogens (tertiary/aromatic N) is 1. The van der Waals surface area contributed by atoms with Crippen LogP contribution in [0.1, 0.15) is 26.0 Å². The summed E-state index contributed by atoms with van der Waals surface area (Å²) in [5.41, 5.74) is 0. The van der Waals surface area contributed by atoms with E-state index in [2.05, 4.69) is 18.8 Å². The van der Waals surface area contributed by atoms with Crippen LogP contribution in [0.15, 0.2) is 27.8 Å². The molecule has 0 fully saturated rings. The van der Waals surface area contributed by atoms with Crippen molar-refractivity contribution in [3.05, 3.63) is 24.2 Å². The predicted molar refractivity (Wildman–Crippen MR) is 50.6 cm³/mol. The van der Waals surface area contributed by atoms with E-state index in [9.17, 15) is 0 Å². The molecule has 1 atom stereocenters. The summed E-state index contributed by atoms with van der Waals surface area (Å²) in [6.07, 6.45) is 4.62. The monoisotopic (exact) mass is 165 g/mol. The van der Waals surface area contributed by atoms with Crippen LogP contribution in [-0.4, -0.2) is 12.8 Å². The van der Waals surface area contributed by atoms with Crippen molar-refractivity contribution < 1.29 is 4.42 Å². The predicted octanol–water partition coefficient (Wildman–Crippen LogP) is 2.74. The van der Waals surface area contributed by atoms with E-state index in [1.165, 1.54) is 6.42 Å². The molecule has 0 N–H and O–H groups in total. The number of furan rings is 1. The molecule has 12 heavy (non-hydrogen) atoms. The van der Waals surface area contributed by atoms with Gasteiger partial charge in [-0.15, -0.1) is 0 Å². The van der Waals surface area contributed by atoms with Crippen molar-refractivity contribution in [1.29, 1.82) is 0 Å². The van der Waals surface area contributed by atoms with Crippen molar-refractivity contribution in [1.82, 2.24) is 0 Å². The number of hydrogen-bond donors (Lipinski definition) is 0. The van der Waals surface area contributed by atoms with E-state index < -0.39 is 0 Å². The highest BCUT2D eigenvalue weighted by Gasteiger charge is 1.94. The van der Waals surface area contributed by atoms with E-state index in [0.717, 1.165) is 12.3 Å². The second kappa shape index (κ2) is 4.75. The van der Waals surface area contributed by atoms with Crippen molar-refractivity contribution in [3.8, 4) is 0 Å². The standard InChI is InChI=1S/C10H15NO/c1-3-9(2)7-11-8-10-5-4-6-12-10/h4-6,8-9H,3,7H2,1-2H3/t9-/m1/s1. The number of hydrogen-bond acceptors (Lipinski definition) is 2. The maximum atomic E-state index is 5.10. The SMILES string of the molecule is CC[C@@H](C)CN=Cc1ccco1. The van der Waals surface area contributed by atoms with Gasteiger partial charge in [-0.25, -0.2) is 0 Å². The Labute approximate surface area is 73.3 Å². The van der Waals surface area contributed by atoms with Crippen LogP contribution in [0.4, 0.5) is 0 Å². The quantitative estimate of drug-likeness (QED) is 0.630. The molecule has 0 saturated carbocycles. The molecule has 0 bridgehead atoms. The summed E-state index contributed by atoms with van der Waals surface area (Å²) >= 11 is 0. The van der Waals surface area contributed by atoms with E-state index in [4.69, 9.17) is 4.42 Å². The first kappa shape index (κ1) is 9.04. The van der Waals surface area contributed by atoms with Gasteiger partial charge in [0.2, 0.25) is 0 Å². The molecular formula is C10H15NO. The smallest absolute Gasteiger partial charge is 0.144 e. The van der Waals surface area contributed by atoms with E-state index in [-0.39, 0.29) is 0 Å². The van der Waals surface area contributed by atoms with Gasteiger partial charge < -0.3 is 4.42 Å². The van der Waals surface area contributed by atoms with Gasteiger partial charge in [0.05, 0.1) is 12.5 Å². The average molecular weight is 165 g/mol. The first-order chi connectivity index (χ1) is 5.83. The zero-order chi connectivity index (χ0) is 8.81. The Morgan fingerprint density at radius 1 is 1.67 bits per heavy atom. The largest absolute Gasteiger partial charge is 0.463 e. The number of aliphatic imine (C=N–C) groups is 1. The van der Waals surface area contributed by atoms with Crippen LogP contribution >= 0.6 is 0 Å². The van der Waals surface area contributed by atoms with Gasteiger partial charge in [0.1, 0.15) is 5.76 Å². The van der Waals surface area contributed by atoms with Gasteiger partial charge in [-0.3, -0.25) is 4.99 Å². The Bertz CT molecular complexity index is 226. The van der Waals surface area contributed by atoms with Gasteiger partial charge in [0, 0.05) is 6.54 Å². The summed E-state index contributed by atoms with van der Waals surface area (Å²) in [6, 6.07) is 3.77. The Morgan fingerprint density at radius 3 is 3.08 bits per heavy atom. The lowest BCUT2D eigenvalue weighted by Gasteiger charge is -2.01. The zero-order valence-corrected chi connectivity index (χ0v) is 7.66. The van der Waals surface area contributed by atoms with Gasteiger partial charge in [0.25, 0.3) is 0 Å². The lowest BCUT2D eigenvalue weighted by molar-refractivity contribution is 0.555. The van der Waals surface area contributed by atoms with Crippen molar-refractivity contribution in [2.45, 2.75) is 20.3 Å². The van der Waals surface area contributed by atoms with Crippen LogP contribution in [0.5, 0.6) is 0 Å². The normalized spacial score (nSPS) is 13.8. The second-order valence-electron chi connectivity index (χ2n) is 3.02. The minimum absolute atomic E-state index is 0.663. The summed E-state index contributed by atoms with van der Waals surface area (Å²) in [5.74, 6) is 1.49. The molecule has 0 radical (unpaired) electrons. The van der Waals surface area contributed by atoms with Crippen molar-refractivity contribution >= 4 is 6.21 Å². The third kappa shape index (κ3) is 2.91. The van der Waals surface area contributed by atoms with Crippen molar-refractivity contribution in [3.63, 3.8) is 0 Å². The molecule has 1 heterocycles. The van der Waals surface area contributed by atoms with E-state index in [1.54, 1.807) is 12.5 Å². The van der Waals surface area contributed by atoms with Gasteiger partial charge in [-0.1, -0.05) is 20.3 Å². The van der Waals surface area contributed by atoms with Crippen LogP contribution in [0.2, 0.25) is 0 Å². The molecule has 1 aromatic heterocycles. The molecule has 0 unspecified atom stereocenters. The van der Waals surface area contributed by atoms with E-state index in [1.807, 2.05) is 12.1 Å². The molecule has 0 aliphatic heterocycles. The molecule has 0 saturated heterocycles. The number of rotatable bonds is 4. The summed E-state index contributed by atoms with van der Waals surface area (Å²) < 4.78 is 5.10.